The Morgan fingerprint density at radius 1 is 1.00 bits per heavy atom. The lowest BCUT2D eigenvalue weighted by Crippen LogP contribution is -2.11. The molecule has 0 aliphatic rings. The molecule has 0 heteroatoms. The van der Waals surface area contributed by atoms with Crippen molar-refractivity contribution in [2.24, 2.45) is 5.41 Å². The van der Waals surface area contributed by atoms with Gasteiger partial charge in [-0.1, -0.05) is 58.9 Å². The van der Waals surface area contributed by atoms with Crippen molar-refractivity contribution in [1.29, 1.82) is 0 Å². The van der Waals surface area contributed by atoms with E-state index in [0.717, 1.165) is 6.42 Å². The lowest BCUT2D eigenvalue weighted by molar-refractivity contribution is 0.335. The SMILES string of the molecule is CCc1ccc(C(CC)CC(C)(C)C)cc1. The summed E-state index contributed by atoms with van der Waals surface area (Å²) < 4.78 is 0. The maximum atomic E-state index is 2.33. The molecule has 0 aliphatic heterocycles. The molecule has 0 fully saturated rings. The van der Waals surface area contributed by atoms with Crippen molar-refractivity contribution in [3.8, 4) is 0 Å². The first-order valence-electron chi connectivity index (χ1n) is 6.55. The van der Waals surface area contributed by atoms with E-state index in [1.807, 2.05) is 0 Å². The van der Waals surface area contributed by atoms with Crippen molar-refractivity contribution in [3.63, 3.8) is 0 Å². The fourth-order valence-electron chi connectivity index (χ4n) is 2.26. The van der Waals surface area contributed by atoms with Crippen LogP contribution in [0.5, 0.6) is 0 Å². The maximum Gasteiger partial charge on any atom is -0.0160 e. The fourth-order valence-corrected chi connectivity index (χ4v) is 2.26. The highest BCUT2D eigenvalue weighted by molar-refractivity contribution is 5.25. The molecule has 90 valence electrons. The van der Waals surface area contributed by atoms with E-state index in [0.29, 0.717) is 11.3 Å². The Balaban J connectivity index is 2.79. The van der Waals surface area contributed by atoms with Crippen LogP contribution in [0.1, 0.15) is 64.5 Å². The third-order valence-electron chi connectivity index (χ3n) is 3.21. The van der Waals surface area contributed by atoms with Crippen LogP contribution in [0.3, 0.4) is 0 Å². The molecule has 0 spiro atoms. The minimum absolute atomic E-state index is 0.421. The summed E-state index contributed by atoms with van der Waals surface area (Å²) in [4.78, 5) is 0. The van der Waals surface area contributed by atoms with Gasteiger partial charge in [-0.3, -0.25) is 0 Å². The Morgan fingerprint density at radius 2 is 1.56 bits per heavy atom. The first-order valence-corrected chi connectivity index (χ1v) is 6.55. The van der Waals surface area contributed by atoms with Gasteiger partial charge in [-0.15, -0.1) is 0 Å². The largest absolute Gasteiger partial charge is 0.0648 e. The number of rotatable bonds is 4. The number of benzene rings is 1. The fraction of sp³-hybridized carbons (Fsp3) is 0.625. The lowest BCUT2D eigenvalue weighted by Gasteiger charge is -2.25. The molecular formula is C16H26. The van der Waals surface area contributed by atoms with E-state index in [1.54, 1.807) is 0 Å². The minimum Gasteiger partial charge on any atom is -0.0648 e. The highest BCUT2D eigenvalue weighted by atomic mass is 14.2. The molecule has 0 nitrogen and oxygen atoms in total. The van der Waals surface area contributed by atoms with Crippen molar-refractivity contribution in [2.45, 2.75) is 59.8 Å². The van der Waals surface area contributed by atoms with Gasteiger partial charge in [-0.05, 0) is 41.7 Å². The summed E-state index contributed by atoms with van der Waals surface area (Å²) in [6.45, 7) is 11.5. The van der Waals surface area contributed by atoms with Crippen molar-refractivity contribution in [1.82, 2.24) is 0 Å². The summed E-state index contributed by atoms with van der Waals surface area (Å²) in [6, 6.07) is 9.19. The summed E-state index contributed by atoms with van der Waals surface area (Å²) in [5.41, 5.74) is 3.37. The van der Waals surface area contributed by atoms with Gasteiger partial charge < -0.3 is 0 Å². The van der Waals surface area contributed by atoms with E-state index in [4.69, 9.17) is 0 Å². The van der Waals surface area contributed by atoms with Crippen LogP contribution in [0.4, 0.5) is 0 Å². The van der Waals surface area contributed by atoms with Crippen molar-refractivity contribution in [3.05, 3.63) is 35.4 Å². The zero-order valence-electron chi connectivity index (χ0n) is 11.5. The molecule has 0 saturated heterocycles. The normalized spacial score (nSPS) is 13.8. The topological polar surface area (TPSA) is 0 Å². The molecule has 0 radical (unpaired) electrons. The molecule has 0 aliphatic carbocycles. The second-order valence-corrected chi connectivity index (χ2v) is 5.97. The van der Waals surface area contributed by atoms with Crippen LogP contribution < -0.4 is 0 Å². The van der Waals surface area contributed by atoms with Crippen molar-refractivity contribution < 1.29 is 0 Å². The molecule has 0 heterocycles. The standard InChI is InChI=1S/C16H26/c1-6-13-8-10-15(11-9-13)14(7-2)12-16(3,4)5/h8-11,14H,6-7,12H2,1-5H3. The Hall–Kier alpha value is -0.780. The smallest absolute Gasteiger partial charge is 0.0160 e. The van der Waals surface area contributed by atoms with E-state index in [-0.39, 0.29) is 0 Å². The molecule has 0 bridgehead atoms. The van der Waals surface area contributed by atoms with Gasteiger partial charge in [0.15, 0.2) is 0 Å². The van der Waals surface area contributed by atoms with Gasteiger partial charge in [-0.2, -0.15) is 0 Å². The molecular weight excluding hydrogens is 192 g/mol. The highest BCUT2D eigenvalue weighted by Crippen LogP contribution is 2.33. The molecule has 1 rings (SSSR count). The second kappa shape index (κ2) is 5.52. The zero-order valence-corrected chi connectivity index (χ0v) is 11.5. The van der Waals surface area contributed by atoms with Crippen molar-refractivity contribution >= 4 is 0 Å². The first-order chi connectivity index (χ1) is 7.46. The molecule has 0 N–H and O–H groups in total. The number of hydrogen-bond acceptors (Lipinski definition) is 0. The molecule has 0 saturated carbocycles. The Morgan fingerprint density at radius 3 is 1.94 bits per heavy atom. The molecule has 1 atom stereocenters. The third kappa shape index (κ3) is 4.00. The summed E-state index contributed by atoms with van der Waals surface area (Å²) in [6.07, 6.45) is 3.65. The van der Waals surface area contributed by atoms with Crippen LogP contribution in [0.25, 0.3) is 0 Å². The van der Waals surface area contributed by atoms with E-state index in [9.17, 15) is 0 Å². The van der Waals surface area contributed by atoms with Gasteiger partial charge in [0.2, 0.25) is 0 Å². The monoisotopic (exact) mass is 218 g/mol. The Kier molecular flexibility index (Phi) is 4.58. The van der Waals surface area contributed by atoms with Crippen LogP contribution in [0.15, 0.2) is 24.3 Å². The molecule has 0 aromatic heterocycles. The quantitative estimate of drug-likeness (QED) is 0.653. The molecule has 0 amide bonds. The Labute approximate surface area is 101 Å². The molecule has 1 unspecified atom stereocenters. The van der Waals surface area contributed by atoms with Gasteiger partial charge in [0.05, 0.1) is 0 Å². The minimum atomic E-state index is 0.421. The van der Waals surface area contributed by atoms with Gasteiger partial charge in [0.1, 0.15) is 0 Å². The summed E-state index contributed by atoms with van der Waals surface area (Å²) >= 11 is 0. The maximum absolute atomic E-state index is 2.33. The predicted molar refractivity (Wildman–Crippen MR) is 72.9 cm³/mol. The van der Waals surface area contributed by atoms with Crippen molar-refractivity contribution in [2.75, 3.05) is 0 Å². The molecule has 1 aromatic carbocycles. The van der Waals surface area contributed by atoms with E-state index in [2.05, 4.69) is 58.9 Å². The van der Waals surface area contributed by atoms with Crippen LogP contribution in [-0.2, 0) is 6.42 Å². The van der Waals surface area contributed by atoms with Crippen LogP contribution in [0, 0.1) is 5.41 Å². The van der Waals surface area contributed by atoms with E-state index < -0.39 is 0 Å². The zero-order chi connectivity index (χ0) is 12.2. The van der Waals surface area contributed by atoms with Crippen LogP contribution in [-0.4, -0.2) is 0 Å². The summed E-state index contributed by atoms with van der Waals surface area (Å²) in [5.74, 6) is 0.714. The van der Waals surface area contributed by atoms with Crippen LogP contribution in [0.2, 0.25) is 0 Å². The van der Waals surface area contributed by atoms with E-state index >= 15 is 0 Å². The summed E-state index contributed by atoms with van der Waals surface area (Å²) in [7, 11) is 0. The first kappa shape index (κ1) is 13.3. The lowest BCUT2D eigenvalue weighted by atomic mass is 9.80. The Bertz CT molecular complexity index is 300. The van der Waals surface area contributed by atoms with Gasteiger partial charge in [0, 0.05) is 0 Å². The van der Waals surface area contributed by atoms with Gasteiger partial charge in [0.25, 0.3) is 0 Å². The highest BCUT2D eigenvalue weighted by Gasteiger charge is 2.18. The second-order valence-electron chi connectivity index (χ2n) is 5.97. The average Bonchev–Trinajstić information content (AvgIpc) is 2.25. The molecule has 16 heavy (non-hydrogen) atoms. The van der Waals surface area contributed by atoms with Gasteiger partial charge in [-0.25, -0.2) is 0 Å². The van der Waals surface area contributed by atoms with Crippen LogP contribution >= 0.6 is 0 Å². The summed E-state index contributed by atoms with van der Waals surface area (Å²) in [5, 5.41) is 0. The van der Waals surface area contributed by atoms with Gasteiger partial charge >= 0.3 is 0 Å². The number of hydrogen-bond donors (Lipinski definition) is 0. The number of aryl methyl sites for hydroxylation is 1. The average molecular weight is 218 g/mol. The third-order valence-corrected chi connectivity index (χ3v) is 3.21. The molecule has 1 aromatic rings. The van der Waals surface area contributed by atoms with E-state index in [1.165, 1.54) is 24.0 Å². The predicted octanol–water partition coefficient (Wildman–Crippen LogP) is 5.18.